The number of rotatable bonds is 9. The number of ether oxygens (including phenoxy) is 3. The molecule has 0 radical (unpaired) electrons. The molecule has 2 aromatic rings. The summed E-state index contributed by atoms with van der Waals surface area (Å²) in [6.07, 6.45) is 0. The number of amides is 2. The van der Waals surface area contributed by atoms with Crippen molar-refractivity contribution < 1.29 is 38.2 Å². The van der Waals surface area contributed by atoms with Crippen molar-refractivity contribution in [3.63, 3.8) is 0 Å². The van der Waals surface area contributed by atoms with Crippen LogP contribution in [-0.2, 0) is 23.8 Å². The van der Waals surface area contributed by atoms with Crippen LogP contribution in [0.4, 0.5) is 10.7 Å². The van der Waals surface area contributed by atoms with Crippen LogP contribution in [0, 0.1) is 6.92 Å². The molecule has 2 rings (SSSR count). The number of carbonyl (C=O) groups excluding carboxylic acids is 5. The maximum atomic E-state index is 12.4. The average molecular weight is 477 g/mol. The molecule has 1 aromatic carbocycles. The van der Waals surface area contributed by atoms with E-state index >= 15 is 0 Å². The molecule has 0 atom stereocenters. The molecule has 2 N–H and O–H groups in total. The number of hydrogen-bond acceptors (Lipinski definition) is 9. The Kier molecular flexibility index (Phi) is 9.10. The summed E-state index contributed by atoms with van der Waals surface area (Å²) in [7, 11) is 0. The minimum atomic E-state index is -0.750. The van der Waals surface area contributed by atoms with E-state index in [2.05, 4.69) is 10.6 Å². The number of thiophene rings is 1. The zero-order chi connectivity index (χ0) is 24.5. The minimum Gasteiger partial charge on any atom is -0.462 e. The van der Waals surface area contributed by atoms with E-state index in [1.54, 1.807) is 20.8 Å². The van der Waals surface area contributed by atoms with Crippen LogP contribution in [0.25, 0.3) is 0 Å². The van der Waals surface area contributed by atoms with E-state index < -0.39 is 30.4 Å². The van der Waals surface area contributed by atoms with Crippen LogP contribution in [0.5, 0.6) is 0 Å². The van der Waals surface area contributed by atoms with Crippen LogP contribution in [0.15, 0.2) is 24.3 Å². The first-order valence-corrected chi connectivity index (χ1v) is 10.8. The molecule has 10 nitrogen and oxygen atoms in total. The normalized spacial score (nSPS) is 10.2. The lowest BCUT2D eigenvalue weighted by Crippen LogP contribution is -2.21. The summed E-state index contributed by atoms with van der Waals surface area (Å²) in [5.41, 5.74) is 1.05. The lowest BCUT2D eigenvalue weighted by molar-refractivity contribution is -0.119. The Morgan fingerprint density at radius 1 is 0.848 bits per heavy atom. The Bertz CT molecular complexity index is 1060. The standard InChI is InChI=1S/C22H24N2O8S/c1-5-30-21(28)17-12(3)18(22(29)31-6-2)33-19(17)24-16(26)11-32-20(27)14-7-9-15(10-8-14)23-13(4)25/h7-10H,5-6,11H2,1-4H3,(H,23,25)(H,24,26). The van der Waals surface area contributed by atoms with Crippen molar-refractivity contribution in [2.45, 2.75) is 27.7 Å². The van der Waals surface area contributed by atoms with E-state index in [-0.39, 0.29) is 40.1 Å². The number of benzene rings is 1. The van der Waals surface area contributed by atoms with Crippen LogP contribution in [0.1, 0.15) is 56.7 Å². The fraction of sp³-hybridized carbons (Fsp3) is 0.318. The minimum absolute atomic E-state index is 0.0399. The van der Waals surface area contributed by atoms with Gasteiger partial charge in [-0.05, 0) is 50.6 Å². The Morgan fingerprint density at radius 2 is 1.45 bits per heavy atom. The number of hydrogen-bond donors (Lipinski definition) is 2. The molecule has 0 saturated carbocycles. The first-order chi connectivity index (χ1) is 15.7. The molecular weight excluding hydrogens is 452 g/mol. The molecule has 0 aliphatic carbocycles. The largest absolute Gasteiger partial charge is 0.462 e. The average Bonchev–Trinajstić information content (AvgIpc) is 3.08. The van der Waals surface area contributed by atoms with E-state index in [0.29, 0.717) is 11.3 Å². The SMILES string of the molecule is CCOC(=O)c1sc(NC(=O)COC(=O)c2ccc(NC(C)=O)cc2)c(C(=O)OCC)c1C. The second kappa shape index (κ2) is 11.8. The van der Waals surface area contributed by atoms with Crippen molar-refractivity contribution in [1.29, 1.82) is 0 Å². The smallest absolute Gasteiger partial charge is 0.348 e. The highest BCUT2D eigenvalue weighted by atomic mass is 32.1. The molecule has 176 valence electrons. The number of anilines is 2. The molecule has 0 saturated heterocycles. The fourth-order valence-corrected chi connectivity index (χ4v) is 3.82. The van der Waals surface area contributed by atoms with Gasteiger partial charge in [-0.3, -0.25) is 9.59 Å². The van der Waals surface area contributed by atoms with Gasteiger partial charge in [-0.15, -0.1) is 11.3 Å². The van der Waals surface area contributed by atoms with E-state index in [0.717, 1.165) is 11.3 Å². The van der Waals surface area contributed by atoms with Crippen LogP contribution in [-0.4, -0.2) is 49.5 Å². The first-order valence-electron chi connectivity index (χ1n) is 10.00. The molecule has 0 aliphatic rings. The monoisotopic (exact) mass is 476 g/mol. The van der Waals surface area contributed by atoms with Crippen molar-refractivity contribution in [1.82, 2.24) is 0 Å². The summed E-state index contributed by atoms with van der Waals surface area (Å²) in [6, 6.07) is 5.93. The zero-order valence-corrected chi connectivity index (χ0v) is 19.4. The predicted octanol–water partition coefficient (Wildman–Crippen LogP) is 3.16. The van der Waals surface area contributed by atoms with Gasteiger partial charge in [0.1, 0.15) is 9.88 Å². The third kappa shape index (κ3) is 6.88. The van der Waals surface area contributed by atoms with Crippen molar-refractivity contribution in [2.75, 3.05) is 30.5 Å². The Balaban J connectivity index is 2.10. The van der Waals surface area contributed by atoms with Crippen molar-refractivity contribution in [2.24, 2.45) is 0 Å². The highest BCUT2D eigenvalue weighted by Gasteiger charge is 2.27. The topological polar surface area (TPSA) is 137 Å². The van der Waals surface area contributed by atoms with Gasteiger partial charge in [0.25, 0.3) is 5.91 Å². The summed E-state index contributed by atoms with van der Waals surface area (Å²) in [5.74, 6) is -3.03. The lowest BCUT2D eigenvalue weighted by atomic mass is 10.1. The third-order valence-electron chi connectivity index (χ3n) is 4.12. The van der Waals surface area contributed by atoms with Gasteiger partial charge in [-0.1, -0.05) is 0 Å². The van der Waals surface area contributed by atoms with Gasteiger partial charge in [-0.25, -0.2) is 14.4 Å². The number of esters is 3. The van der Waals surface area contributed by atoms with Gasteiger partial charge in [0.15, 0.2) is 6.61 Å². The molecule has 1 heterocycles. The second-order valence-corrected chi connectivity index (χ2v) is 7.60. The highest BCUT2D eigenvalue weighted by Crippen LogP contribution is 2.34. The van der Waals surface area contributed by atoms with Crippen LogP contribution in [0.3, 0.4) is 0 Å². The molecule has 0 fully saturated rings. The molecule has 0 spiro atoms. The van der Waals surface area contributed by atoms with Gasteiger partial charge in [0.2, 0.25) is 5.91 Å². The van der Waals surface area contributed by atoms with E-state index in [9.17, 15) is 24.0 Å². The van der Waals surface area contributed by atoms with E-state index in [1.165, 1.54) is 31.2 Å². The number of carbonyl (C=O) groups is 5. The molecule has 0 unspecified atom stereocenters. The van der Waals surface area contributed by atoms with Crippen molar-refractivity contribution in [3.8, 4) is 0 Å². The van der Waals surface area contributed by atoms with E-state index in [4.69, 9.17) is 14.2 Å². The molecule has 1 aromatic heterocycles. The Labute approximate surface area is 194 Å². The summed E-state index contributed by atoms with van der Waals surface area (Å²) in [6.45, 7) is 5.82. The summed E-state index contributed by atoms with van der Waals surface area (Å²) in [5, 5.41) is 5.15. The summed E-state index contributed by atoms with van der Waals surface area (Å²) < 4.78 is 15.0. The Morgan fingerprint density at radius 3 is 2.03 bits per heavy atom. The van der Waals surface area contributed by atoms with Gasteiger partial charge >= 0.3 is 17.9 Å². The summed E-state index contributed by atoms with van der Waals surface area (Å²) >= 11 is 0.871. The Hall–Kier alpha value is -3.73. The van der Waals surface area contributed by atoms with E-state index in [1.807, 2.05) is 0 Å². The zero-order valence-electron chi connectivity index (χ0n) is 18.6. The van der Waals surface area contributed by atoms with Gasteiger partial charge in [0.05, 0.1) is 24.3 Å². The van der Waals surface area contributed by atoms with Gasteiger partial charge < -0.3 is 24.8 Å². The van der Waals surface area contributed by atoms with Crippen LogP contribution < -0.4 is 10.6 Å². The maximum absolute atomic E-state index is 12.4. The predicted molar refractivity (Wildman–Crippen MR) is 121 cm³/mol. The summed E-state index contributed by atoms with van der Waals surface area (Å²) in [4.78, 5) is 60.3. The quantitative estimate of drug-likeness (QED) is 0.416. The lowest BCUT2D eigenvalue weighted by Gasteiger charge is -2.08. The molecule has 33 heavy (non-hydrogen) atoms. The fourth-order valence-electron chi connectivity index (χ4n) is 2.71. The highest BCUT2D eigenvalue weighted by molar-refractivity contribution is 7.18. The third-order valence-corrected chi connectivity index (χ3v) is 5.30. The number of nitrogens with one attached hydrogen (secondary N) is 2. The van der Waals surface area contributed by atoms with Gasteiger partial charge in [-0.2, -0.15) is 0 Å². The first kappa shape index (κ1) is 25.5. The van der Waals surface area contributed by atoms with Gasteiger partial charge in [0, 0.05) is 12.6 Å². The maximum Gasteiger partial charge on any atom is 0.348 e. The molecular formula is C22H24N2O8S. The van der Waals surface area contributed by atoms with Crippen molar-refractivity contribution in [3.05, 3.63) is 45.8 Å². The molecule has 2 amide bonds. The molecule has 0 aliphatic heterocycles. The molecule has 11 heteroatoms. The molecule has 0 bridgehead atoms. The van der Waals surface area contributed by atoms with Crippen molar-refractivity contribution >= 4 is 51.7 Å². The van der Waals surface area contributed by atoms with Crippen LogP contribution in [0.2, 0.25) is 0 Å². The van der Waals surface area contributed by atoms with Crippen LogP contribution >= 0.6 is 11.3 Å². The second-order valence-electron chi connectivity index (χ2n) is 6.58.